The first-order valence-corrected chi connectivity index (χ1v) is 6.16. The number of hydrogen-bond donors (Lipinski definition) is 1. The molecule has 0 bridgehead atoms. The van der Waals surface area contributed by atoms with Crippen LogP contribution in [0.15, 0.2) is 54.3 Å². The molecular weight excluding hydrogens is 220 g/mol. The van der Waals surface area contributed by atoms with E-state index in [-0.39, 0.29) is 0 Å². The molecule has 0 amide bonds. The summed E-state index contributed by atoms with van der Waals surface area (Å²) in [6, 6.07) is 17.0. The Morgan fingerprint density at radius 1 is 0.778 bits per heavy atom. The summed E-state index contributed by atoms with van der Waals surface area (Å²) in [4.78, 5) is 0. The highest BCUT2D eigenvalue weighted by molar-refractivity contribution is 6.09. The van der Waals surface area contributed by atoms with E-state index in [2.05, 4.69) is 48.5 Å². The number of rotatable bonds is 0. The first-order valence-electron chi connectivity index (χ1n) is 6.16. The van der Waals surface area contributed by atoms with Crippen LogP contribution in [0.25, 0.3) is 27.6 Å². The van der Waals surface area contributed by atoms with Crippen LogP contribution in [-0.2, 0) is 6.42 Å². The lowest BCUT2D eigenvalue weighted by Crippen LogP contribution is -1.87. The molecule has 1 aliphatic carbocycles. The Labute approximate surface area is 105 Å². The molecule has 3 aromatic carbocycles. The highest BCUT2D eigenvalue weighted by Gasteiger charge is 2.15. The summed E-state index contributed by atoms with van der Waals surface area (Å²) in [6.45, 7) is 0. The lowest BCUT2D eigenvalue weighted by molar-refractivity contribution is 0.408. The van der Waals surface area contributed by atoms with Crippen molar-refractivity contribution in [3.8, 4) is 0 Å². The van der Waals surface area contributed by atoms with Crippen molar-refractivity contribution in [1.82, 2.24) is 0 Å². The largest absolute Gasteiger partial charge is 0.512 e. The number of benzene rings is 3. The first-order chi connectivity index (χ1) is 8.83. The fourth-order valence-electron chi connectivity index (χ4n) is 2.91. The Kier molecular flexibility index (Phi) is 1.81. The van der Waals surface area contributed by atoms with Gasteiger partial charge < -0.3 is 5.11 Å². The number of aliphatic hydroxyl groups is 1. The molecule has 0 fully saturated rings. The van der Waals surface area contributed by atoms with Crippen molar-refractivity contribution in [3.05, 3.63) is 65.4 Å². The van der Waals surface area contributed by atoms with Gasteiger partial charge in [0, 0.05) is 6.42 Å². The maximum atomic E-state index is 9.68. The van der Waals surface area contributed by atoms with Gasteiger partial charge in [-0.15, -0.1) is 0 Å². The van der Waals surface area contributed by atoms with E-state index >= 15 is 0 Å². The van der Waals surface area contributed by atoms with Crippen molar-refractivity contribution >= 4 is 27.6 Å². The van der Waals surface area contributed by atoms with Crippen LogP contribution in [0.4, 0.5) is 0 Å². The zero-order chi connectivity index (χ0) is 12.1. The van der Waals surface area contributed by atoms with Crippen molar-refractivity contribution in [2.75, 3.05) is 0 Å². The van der Waals surface area contributed by atoms with E-state index in [9.17, 15) is 5.11 Å². The van der Waals surface area contributed by atoms with Crippen LogP contribution in [-0.4, -0.2) is 5.11 Å². The Balaban J connectivity index is 2.16. The van der Waals surface area contributed by atoms with Gasteiger partial charge in [-0.2, -0.15) is 0 Å². The average molecular weight is 232 g/mol. The Morgan fingerprint density at radius 2 is 1.61 bits per heavy atom. The number of hydrogen-bond acceptors (Lipinski definition) is 1. The quantitative estimate of drug-likeness (QED) is 0.568. The standard InChI is InChI=1S/C17H12O/c18-13-9-12-6-8-15-14-4-2-1-3-11(14)5-7-16(15)17(12)10-13/h1-9,18H,10H2. The zero-order valence-corrected chi connectivity index (χ0v) is 9.85. The van der Waals surface area contributed by atoms with Gasteiger partial charge in [-0.25, -0.2) is 0 Å². The van der Waals surface area contributed by atoms with Gasteiger partial charge in [0.2, 0.25) is 0 Å². The van der Waals surface area contributed by atoms with Gasteiger partial charge in [0.1, 0.15) is 0 Å². The van der Waals surface area contributed by atoms with Crippen molar-refractivity contribution in [2.45, 2.75) is 6.42 Å². The molecular formula is C17H12O. The van der Waals surface area contributed by atoms with E-state index in [1.54, 1.807) is 0 Å². The molecule has 0 spiro atoms. The van der Waals surface area contributed by atoms with E-state index in [0.717, 1.165) is 5.56 Å². The summed E-state index contributed by atoms with van der Waals surface area (Å²) >= 11 is 0. The smallest absolute Gasteiger partial charge is 0.0972 e. The van der Waals surface area contributed by atoms with Gasteiger partial charge in [-0.3, -0.25) is 0 Å². The number of fused-ring (bicyclic) bond motifs is 5. The molecule has 0 saturated carbocycles. The van der Waals surface area contributed by atoms with Gasteiger partial charge in [0.25, 0.3) is 0 Å². The molecule has 86 valence electrons. The second-order valence-corrected chi connectivity index (χ2v) is 4.83. The monoisotopic (exact) mass is 232 g/mol. The predicted octanol–water partition coefficient (Wildman–Crippen LogP) is 4.45. The van der Waals surface area contributed by atoms with Crippen LogP contribution in [0.2, 0.25) is 0 Å². The first kappa shape index (κ1) is 9.72. The molecule has 0 unspecified atom stereocenters. The van der Waals surface area contributed by atoms with E-state index in [1.807, 2.05) is 6.08 Å². The van der Waals surface area contributed by atoms with Gasteiger partial charge in [0.05, 0.1) is 5.76 Å². The minimum Gasteiger partial charge on any atom is -0.512 e. The molecule has 0 aliphatic heterocycles. The zero-order valence-electron chi connectivity index (χ0n) is 9.85. The molecule has 3 aromatic rings. The summed E-state index contributed by atoms with van der Waals surface area (Å²) in [5.74, 6) is 0.464. The molecule has 1 nitrogen and oxygen atoms in total. The normalized spacial score (nSPS) is 13.9. The lowest BCUT2D eigenvalue weighted by atomic mass is 9.96. The van der Waals surface area contributed by atoms with Crippen molar-refractivity contribution < 1.29 is 5.11 Å². The van der Waals surface area contributed by atoms with Crippen molar-refractivity contribution in [2.24, 2.45) is 0 Å². The van der Waals surface area contributed by atoms with Crippen LogP contribution >= 0.6 is 0 Å². The van der Waals surface area contributed by atoms with Crippen molar-refractivity contribution in [3.63, 3.8) is 0 Å². The van der Waals surface area contributed by atoms with E-state index in [0.29, 0.717) is 12.2 Å². The average Bonchev–Trinajstić information content (AvgIpc) is 2.79. The third-order valence-electron chi connectivity index (χ3n) is 3.75. The van der Waals surface area contributed by atoms with Crippen LogP contribution in [0.5, 0.6) is 0 Å². The second kappa shape index (κ2) is 3.36. The fraction of sp³-hybridized carbons (Fsp3) is 0.0588. The Bertz CT molecular complexity index is 812. The second-order valence-electron chi connectivity index (χ2n) is 4.83. The third kappa shape index (κ3) is 1.22. The molecule has 0 aromatic heterocycles. The molecule has 0 radical (unpaired) electrons. The van der Waals surface area contributed by atoms with Crippen LogP contribution in [0, 0.1) is 0 Å². The molecule has 1 N–H and O–H groups in total. The highest BCUT2D eigenvalue weighted by atomic mass is 16.3. The molecule has 1 aliphatic rings. The summed E-state index contributed by atoms with van der Waals surface area (Å²) in [5, 5.41) is 14.8. The molecule has 18 heavy (non-hydrogen) atoms. The van der Waals surface area contributed by atoms with Crippen molar-refractivity contribution in [1.29, 1.82) is 0 Å². The van der Waals surface area contributed by atoms with Gasteiger partial charge >= 0.3 is 0 Å². The van der Waals surface area contributed by atoms with E-state index in [1.165, 1.54) is 27.1 Å². The molecule has 4 rings (SSSR count). The summed E-state index contributed by atoms with van der Waals surface area (Å²) in [5.41, 5.74) is 2.39. The molecule has 0 heterocycles. The number of aliphatic hydroxyl groups excluding tert-OH is 1. The summed E-state index contributed by atoms with van der Waals surface area (Å²) in [7, 11) is 0. The minimum atomic E-state index is 0.464. The SMILES string of the molecule is OC1=Cc2ccc3c(ccc4ccccc43)c2C1. The maximum absolute atomic E-state index is 9.68. The van der Waals surface area contributed by atoms with Crippen LogP contribution in [0.3, 0.4) is 0 Å². The topological polar surface area (TPSA) is 20.2 Å². The summed E-state index contributed by atoms with van der Waals surface area (Å²) < 4.78 is 0. The van der Waals surface area contributed by atoms with Crippen LogP contribution in [0.1, 0.15) is 11.1 Å². The Hall–Kier alpha value is -2.28. The van der Waals surface area contributed by atoms with Gasteiger partial charge in [0.15, 0.2) is 0 Å². The van der Waals surface area contributed by atoms with Gasteiger partial charge in [-0.05, 0) is 38.7 Å². The minimum absolute atomic E-state index is 0.464. The summed E-state index contributed by atoms with van der Waals surface area (Å²) in [6.07, 6.45) is 2.52. The van der Waals surface area contributed by atoms with E-state index < -0.39 is 0 Å². The molecule has 0 atom stereocenters. The Morgan fingerprint density at radius 3 is 2.56 bits per heavy atom. The highest BCUT2D eigenvalue weighted by Crippen LogP contribution is 2.34. The molecule has 0 saturated heterocycles. The third-order valence-corrected chi connectivity index (χ3v) is 3.75. The van der Waals surface area contributed by atoms with Gasteiger partial charge in [-0.1, -0.05) is 48.5 Å². The van der Waals surface area contributed by atoms with E-state index in [4.69, 9.17) is 0 Å². The van der Waals surface area contributed by atoms with Crippen LogP contribution < -0.4 is 0 Å². The molecule has 1 heteroatoms. The lowest BCUT2D eigenvalue weighted by Gasteiger charge is -2.08. The predicted molar refractivity (Wildman–Crippen MR) is 75.8 cm³/mol. The fourth-order valence-corrected chi connectivity index (χ4v) is 2.91. The number of allylic oxidation sites excluding steroid dienone is 1. The maximum Gasteiger partial charge on any atom is 0.0972 e.